The first kappa shape index (κ1) is 37.1. The molecule has 7 unspecified atom stereocenters. The number of hydrogen-bond acceptors (Lipinski definition) is 11. The molecule has 0 aromatic rings. The molecular formula is C23H50O12P2. The smallest absolute Gasteiger partial charge is 0.347 e. The third-order valence-electron chi connectivity index (χ3n) is 5.72. The fraction of sp³-hybridized carbons (Fsp3) is 1.00. The topological polar surface area (TPSA) is 181 Å². The summed E-state index contributed by atoms with van der Waals surface area (Å²) in [6, 6.07) is 0. The first-order valence-electron chi connectivity index (χ1n) is 13.2. The van der Waals surface area contributed by atoms with E-state index in [-0.39, 0.29) is 19.1 Å². The lowest BCUT2D eigenvalue weighted by atomic mass is 10.0. The standard InChI is InChI=1S/C23H50O12P2/c1-5-9-11-19(7-3)15-31-17-23(32-16-20(8-4)12-10-6-2)35-37(30,34-22(27)14-25)18-36(28,29)33-21(26)13-24/h19-27H,5-18H2,1-4H3,(H,28,29). The normalized spacial score (nSPS) is 19.5. The third-order valence-corrected chi connectivity index (χ3v) is 10.2. The van der Waals surface area contributed by atoms with E-state index >= 15 is 0 Å². The van der Waals surface area contributed by atoms with E-state index < -0.39 is 53.2 Å². The SMILES string of the molecule is CCCCC(CC)COCC(OCC(CC)CCCC)OP(=O)(CP(=O)(O)OC(O)CO)OC(O)CO. The molecule has 0 aliphatic heterocycles. The van der Waals surface area contributed by atoms with Gasteiger partial charge in [0.1, 0.15) is 0 Å². The van der Waals surface area contributed by atoms with Gasteiger partial charge in [-0.1, -0.05) is 66.2 Å². The van der Waals surface area contributed by atoms with E-state index in [0.717, 1.165) is 51.4 Å². The maximum absolute atomic E-state index is 13.5. The maximum Gasteiger partial charge on any atom is 0.347 e. The molecule has 12 nitrogen and oxygen atoms in total. The number of aliphatic hydroxyl groups is 4. The molecule has 0 fully saturated rings. The summed E-state index contributed by atoms with van der Waals surface area (Å²) in [5, 5.41) is 37.2. The highest BCUT2D eigenvalue weighted by Gasteiger charge is 2.42. The molecule has 0 rings (SSSR count). The zero-order chi connectivity index (χ0) is 28.3. The van der Waals surface area contributed by atoms with Gasteiger partial charge in [-0.3, -0.25) is 22.7 Å². The van der Waals surface area contributed by atoms with Crippen molar-refractivity contribution in [3.8, 4) is 0 Å². The fourth-order valence-corrected chi connectivity index (χ4v) is 7.41. The Hall–Kier alpha value is 0.0600. The van der Waals surface area contributed by atoms with E-state index in [1.165, 1.54) is 0 Å². The molecule has 5 N–H and O–H groups in total. The number of unbranched alkanes of at least 4 members (excludes halogenated alkanes) is 2. The van der Waals surface area contributed by atoms with Gasteiger partial charge in [0.2, 0.25) is 0 Å². The highest BCUT2D eigenvalue weighted by molar-refractivity contribution is 7.71. The average Bonchev–Trinajstić information content (AvgIpc) is 2.84. The largest absolute Gasteiger partial charge is 0.391 e. The monoisotopic (exact) mass is 580 g/mol. The van der Waals surface area contributed by atoms with Crippen LogP contribution >= 0.6 is 15.2 Å². The summed E-state index contributed by atoms with van der Waals surface area (Å²) in [6.45, 7) is 6.81. The van der Waals surface area contributed by atoms with Crippen LogP contribution in [0.25, 0.3) is 0 Å². The molecule has 7 atom stereocenters. The van der Waals surface area contributed by atoms with Crippen molar-refractivity contribution in [2.24, 2.45) is 11.8 Å². The van der Waals surface area contributed by atoms with Gasteiger partial charge in [0.15, 0.2) is 24.8 Å². The summed E-state index contributed by atoms with van der Waals surface area (Å²) < 4.78 is 52.5. The van der Waals surface area contributed by atoms with Gasteiger partial charge in [-0.05, 0) is 24.7 Å². The predicted molar refractivity (Wildman–Crippen MR) is 139 cm³/mol. The number of aliphatic hydroxyl groups excluding tert-OH is 4. The van der Waals surface area contributed by atoms with Crippen LogP contribution in [-0.4, -0.2) is 83.1 Å². The van der Waals surface area contributed by atoms with Crippen LogP contribution in [0.1, 0.15) is 79.1 Å². The quantitative estimate of drug-likeness (QED) is 0.0780. The van der Waals surface area contributed by atoms with E-state index in [1.54, 1.807) is 0 Å². The Morgan fingerprint density at radius 1 is 0.730 bits per heavy atom. The second kappa shape index (κ2) is 20.9. The Morgan fingerprint density at radius 2 is 1.24 bits per heavy atom. The van der Waals surface area contributed by atoms with Crippen LogP contribution < -0.4 is 0 Å². The Balaban J connectivity index is 5.65. The minimum Gasteiger partial charge on any atom is -0.391 e. The minimum absolute atomic E-state index is 0.161. The lowest BCUT2D eigenvalue weighted by Gasteiger charge is -2.28. The number of rotatable bonds is 25. The summed E-state index contributed by atoms with van der Waals surface area (Å²) in [5.74, 6) is -0.775. The molecule has 224 valence electrons. The Bertz CT molecular complexity index is 653. The van der Waals surface area contributed by atoms with Crippen molar-refractivity contribution in [1.82, 2.24) is 0 Å². The zero-order valence-electron chi connectivity index (χ0n) is 22.8. The van der Waals surface area contributed by atoms with Crippen LogP contribution in [0.3, 0.4) is 0 Å². The van der Waals surface area contributed by atoms with Crippen molar-refractivity contribution < 1.29 is 57.5 Å². The van der Waals surface area contributed by atoms with Gasteiger partial charge in [-0.25, -0.2) is 0 Å². The summed E-state index contributed by atoms with van der Waals surface area (Å²) >= 11 is 0. The summed E-state index contributed by atoms with van der Waals surface area (Å²) in [5.41, 5.74) is 0. The van der Waals surface area contributed by atoms with Crippen molar-refractivity contribution in [3.05, 3.63) is 0 Å². The average molecular weight is 581 g/mol. The van der Waals surface area contributed by atoms with Gasteiger partial charge in [-0.15, -0.1) is 0 Å². The van der Waals surface area contributed by atoms with Gasteiger partial charge < -0.3 is 34.8 Å². The highest BCUT2D eigenvalue weighted by atomic mass is 31.2. The molecule has 0 aromatic carbocycles. The zero-order valence-corrected chi connectivity index (χ0v) is 24.6. The van der Waals surface area contributed by atoms with Gasteiger partial charge in [0, 0.05) is 6.61 Å². The Labute approximate surface area is 221 Å². The second-order valence-electron chi connectivity index (χ2n) is 9.11. The predicted octanol–water partition coefficient (Wildman–Crippen LogP) is 3.79. The second-order valence-corrected chi connectivity index (χ2v) is 13.4. The summed E-state index contributed by atoms with van der Waals surface area (Å²) in [7, 11) is -9.50. The molecule has 0 aromatic heterocycles. The molecule has 14 heteroatoms. The van der Waals surface area contributed by atoms with Crippen LogP contribution in [0, 0.1) is 11.8 Å². The molecule has 0 saturated carbocycles. The van der Waals surface area contributed by atoms with Crippen LogP contribution in [-0.2, 0) is 32.2 Å². The van der Waals surface area contributed by atoms with Crippen LogP contribution in [0.15, 0.2) is 0 Å². The lowest BCUT2D eigenvalue weighted by Crippen LogP contribution is -2.29. The van der Waals surface area contributed by atoms with Crippen LogP contribution in [0.2, 0.25) is 0 Å². The molecule has 0 saturated heterocycles. The molecule has 0 bridgehead atoms. The molecule has 0 aliphatic carbocycles. The Morgan fingerprint density at radius 3 is 1.73 bits per heavy atom. The van der Waals surface area contributed by atoms with E-state index in [2.05, 4.69) is 25.3 Å². The summed E-state index contributed by atoms with van der Waals surface area (Å²) in [6.07, 6.45) is 2.49. The molecule has 0 radical (unpaired) electrons. The number of ether oxygens (including phenoxy) is 2. The van der Waals surface area contributed by atoms with E-state index in [0.29, 0.717) is 12.5 Å². The third kappa shape index (κ3) is 18.1. The maximum atomic E-state index is 13.5. The lowest BCUT2D eigenvalue weighted by molar-refractivity contribution is -0.146. The summed E-state index contributed by atoms with van der Waals surface area (Å²) in [4.78, 5) is 10.1. The molecule has 0 spiro atoms. The Kier molecular flexibility index (Phi) is 20.9. The highest BCUT2D eigenvalue weighted by Crippen LogP contribution is 2.62. The molecule has 37 heavy (non-hydrogen) atoms. The van der Waals surface area contributed by atoms with E-state index in [9.17, 15) is 24.2 Å². The van der Waals surface area contributed by atoms with Crippen LogP contribution in [0.4, 0.5) is 0 Å². The first-order valence-corrected chi connectivity index (χ1v) is 16.7. The fourth-order valence-electron chi connectivity index (χ4n) is 3.44. The van der Waals surface area contributed by atoms with E-state index in [1.807, 2.05) is 6.92 Å². The molecule has 0 aliphatic rings. The molecule has 0 amide bonds. The van der Waals surface area contributed by atoms with Gasteiger partial charge in [0.05, 0.1) is 26.4 Å². The van der Waals surface area contributed by atoms with Crippen molar-refractivity contribution in [2.75, 3.05) is 38.9 Å². The van der Waals surface area contributed by atoms with Crippen molar-refractivity contribution >= 4 is 15.2 Å². The van der Waals surface area contributed by atoms with E-state index in [4.69, 9.17) is 28.7 Å². The van der Waals surface area contributed by atoms with Crippen molar-refractivity contribution in [3.63, 3.8) is 0 Å². The van der Waals surface area contributed by atoms with Crippen molar-refractivity contribution in [2.45, 2.75) is 97.9 Å². The molecular weight excluding hydrogens is 530 g/mol. The molecule has 0 heterocycles. The van der Waals surface area contributed by atoms with Crippen molar-refractivity contribution in [1.29, 1.82) is 0 Å². The first-order chi connectivity index (χ1) is 17.5. The van der Waals surface area contributed by atoms with Gasteiger partial charge >= 0.3 is 15.2 Å². The van der Waals surface area contributed by atoms with Gasteiger partial charge in [0.25, 0.3) is 0 Å². The van der Waals surface area contributed by atoms with Gasteiger partial charge in [-0.2, -0.15) is 0 Å². The minimum atomic E-state index is -4.84. The number of hydrogen-bond donors (Lipinski definition) is 5. The van der Waals surface area contributed by atoms with Crippen LogP contribution in [0.5, 0.6) is 0 Å².